The quantitative estimate of drug-likeness (QED) is 0.713. The Labute approximate surface area is 101 Å². The topological polar surface area (TPSA) is 101 Å². The SMILES string of the molecule is CCC(C)NC(=O)C(C)S(=O)(=O)C(C)C(=O)O. The van der Waals surface area contributed by atoms with Gasteiger partial charge in [-0.25, -0.2) is 8.42 Å². The molecule has 0 aliphatic carbocycles. The van der Waals surface area contributed by atoms with Gasteiger partial charge in [-0.1, -0.05) is 6.92 Å². The third-order valence-corrected chi connectivity index (χ3v) is 5.09. The third-order valence-electron chi connectivity index (χ3n) is 2.70. The van der Waals surface area contributed by atoms with Crippen molar-refractivity contribution in [2.24, 2.45) is 0 Å². The van der Waals surface area contributed by atoms with Crippen LogP contribution < -0.4 is 5.32 Å². The molecule has 0 spiro atoms. The van der Waals surface area contributed by atoms with E-state index in [-0.39, 0.29) is 6.04 Å². The lowest BCUT2D eigenvalue weighted by Gasteiger charge is -2.18. The van der Waals surface area contributed by atoms with Gasteiger partial charge in [0.1, 0.15) is 5.25 Å². The molecule has 0 aliphatic rings. The van der Waals surface area contributed by atoms with Crippen LogP contribution in [0.1, 0.15) is 34.1 Å². The van der Waals surface area contributed by atoms with E-state index >= 15 is 0 Å². The largest absolute Gasteiger partial charge is 0.480 e. The zero-order chi connectivity index (χ0) is 13.8. The van der Waals surface area contributed by atoms with E-state index < -0.39 is 32.2 Å². The smallest absolute Gasteiger partial charge is 0.321 e. The third kappa shape index (κ3) is 3.99. The van der Waals surface area contributed by atoms with E-state index in [1.807, 2.05) is 6.92 Å². The second-order valence-corrected chi connectivity index (χ2v) is 6.62. The fourth-order valence-corrected chi connectivity index (χ4v) is 2.32. The molecule has 0 rings (SSSR count). The molecule has 0 heterocycles. The normalized spacial score (nSPS) is 16.9. The number of nitrogens with one attached hydrogen (secondary N) is 1. The monoisotopic (exact) mass is 265 g/mol. The molecule has 0 aromatic carbocycles. The molecule has 2 N–H and O–H groups in total. The number of carboxylic acid groups (broad SMARTS) is 1. The van der Waals surface area contributed by atoms with E-state index in [1.54, 1.807) is 6.92 Å². The Bertz CT molecular complexity index is 390. The van der Waals surface area contributed by atoms with Crippen molar-refractivity contribution in [3.05, 3.63) is 0 Å². The van der Waals surface area contributed by atoms with Crippen molar-refractivity contribution in [2.75, 3.05) is 0 Å². The van der Waals surface area contributed by atoms with E-state index in [2.05, 4.69) is 5.32 Å². The Morgan fingerprint density at radius 2 is 1.65 bits per heavy atom. The van der Waals surface area contributed by atoms with Crippen molar-refractivity contribution in [1.82, 2.24) is 5.32 Å². The van der Waals surface area contributed by atoms with Gasteiger partial charge in [-0.15, -0.1) is 0 Å². The van der Waals surface area contributed by atoms with Crippen LogP contribution in [0.5, 0.6) is 0 Å². The van der Waals surface area contributed by atoms with Crippen LogP contribution in [0.4, 0.5) is 0 Å². The highest BCUT2D eigenvalue weighted by Crippen LogP contribution is 2.10. The Hall–Kier alpha value is -1.11. The molecule has 6 nitrogen and oxygen atoms in total. The number of amides is 1. The predicted molar refractivity (Wildman–Crippen MR) is 63.4 cm³/mol. The first-order valence-electron chi connectivity index (χ1n) is 5.40. The lowest BCUT2D eigenvalue weighted by atomic mass is 10.2. The maximum absolute atomic E-state index is 11.7. The van der Waals surface area contributed by atoms with Crippen LogP contribution in [0, 0.1) is 0 Å². The Balaban J connectivity index is 4.86. The lowest BCUT2D eigenvalue weighted by molar-refractivity contribution is -0.136. The molecule has 0 aromatic rings. The molecular weight excluding hydrogens is 246 g/mol. The summed E-state index contributed by atoms with van der Waals surface area (Å²) in [6, 6.07) is -0.139. The van der Waals surface area contributed by atoms with Crippen LogP contribution in [-0.4, -0.2) is 41.9 Å². The molecule has 0 saturated carbocycles. The number of sulfone groups is 1. The molecular formula is C10H19NO5S. The standard InChI is InChI=1S/C10H19NO5S/c1-5-6(2)11-9(12)7(3)17(15,16)8(4)10(13)14/h6-8H,5H2,1-4H3,(H,11,12)(H,13,14). The zero-order valence-electron chi connectivity index (χ0n) is 10.4. The first-order valence-corrected chi connectivity index (χ1v) is 7.01. The van der Waals surface area contributed by atoms with Crippen LogP contribution >= 0.6 is 0 Å². The van der Waals surface area contributed by atoms with E-state index in [9.17, 15) is 18.0 Å². The fourth-order valence-electron chi connectivity index (χ4n) is 1.06. The molecule has 0 aliphatic heterocycles. The summed E-state index contributed by atoms with van der Waals surface area (Å²) in [7, 11) is -4.00. The van der Waals surface area contributed by atoms with Gasteiger partial charge in [-0.2, -0.15) is 0 Å². The number of hydrogen-bond donors (Lipinski definition) is 2. The lowest BCUT2D eigenvalue weighted by Crippen LogP contribution is -2.46. The second kappa shape index (κ2) is 6.00. The number of rotatable bonds is 6. The minimum absolute atomic E-state index is 0.139. The Morgan fingerprint density at radius 1 is 1.18 bits per heavy atom. The van der Waals surface area contributed by atoms with Gasteiger partial charge in [0.05, 0.1) is 0 Å². The van der Waals surface area contributed by atoms with Crippen molar-refractivity contribution in [2.45, 2.75) is 50.7 Å². The van der Waals surface area contributed by atoms with E-state index in [0.717, 1.165) is 6.92 Å². The fraction of sp³-hybridized carbons (Fsp3) is 0.800. The second-order valence-electron chi connectivity index (χ2n) is 4.03. The van der Waals surface area contributed by atoms with Gasteiger partial charge in [0, 0.05) is 6.04 Å². The zero-order valence-corrected chi connectivity index (χ0v) is 11.2. The van der Waals surface area contributed by atoms with Gasteiger partial charge in [-0.3, -0.25) is 9.59 Å². The van der Waals surface area contributed by atoms with Crippen LogP contribution in [-0.2, 0) is 19.4 Å². The predicted octanol–water partition coefficient (Wildman–Crippen LogP) is 0.178. The average Bonchev–Trinajstić information content (AvgIpc) is 2.26. The average molecular weight is 265 g/mol. The summed E-state index contributed by atoms with van der Waals surface area (Å²) < 4.78 is 23.5. The first kappa shape index (κ1) is 15.9. The molecule has 3 unspecified atom stereocenters. The maximum atomic E-state index is 11.7. The molecule has 17 heavy (non-hydrogen) atoms. The van der Waals surface area contributed by atoms with Crippen LogP contribution in [0.25, 0.3) is 0 Å². The minimum Gasteiger partial charge on any atom is -0.480 e. The Morgan fingerprint density at radius 3 is 2.00 bits per heavy atom. The number of carbonyl (C=O) groups excluding carboxylic acids is 1. The van der Waals surface area contributed by atoms with Gasteiger partial charge in [0.15, 0.2) is 15.1 Å². The van der Waals surface area contributed by atoms with Crippen molar-refractivity contribution < 1.29 is 23.1 Å². The molecule has 0 aromatic heterocycles. The number of carboxylic acids is 1. The van der Waals surface area contributed by atoms with Gasteiger partial charge < -0.3 is 10.4 Å². The molecule has 0 saturated heterocycles. The summed E-state index contributed by atoms with van der Waals surface area (Å²) in [4.78, 5) is 22.2. The summed E-state index contributed by atoms with van der Waals surface area (Å²) in [5.41, 5.74) is 0. The molecule has 0 bridgehead atoms. The highest BCUT2D eigenvalue weighted by molar-refractivity contribution is 7.94. The Kier molecular flexibility index (Phi) is 5.60. The molecule has 100 valence electrons. The van der Waals surface area contributed by atoms with Crippen LogP contribution in [0.15, 0.2) is 0 Å². The highest BCUT2D eigenvalue weighted by Gasteiger charge is 2.37. The van der Waals surface area contributed by atoms with E-state index in [0.29, 0.717) is 6.42 Å². The van der Waals surface area contributed by atoms with Gasteiger partial charge in [0.25, 0.3) is 0 Å². The molecule has 0 radical (unpaired) electrons. The van der Waals surface area contributed by atoms with Crippen molar-refractivity contribution in [3.63, 3.8) is 0 Å². The summed E-state index contributed by atoms with van der Waals surface area (Å²) in [6.07, 6.45) is 0.674. The van der Waals surface area contributed by atoms with Gasteiger partial charge >= 0.3 is 5.97 Å². The van der Waals surface area contributed by atoms with Crippen LogP contribution in [0.2, 0.25) is 0 Å². The summed E-state index contributed by atoms with van der Waals surface area (Å²) in [5.74, 6) is -2.11. The van der Waals surface area contributed by atoms with Gasteiger partial charge in [-0.05, 0) is 27.2 Å². The van der Waals surface area contributed by atoms with Gasteiger partial charge in [0.2, 0.25) is 5.91 Å². The highest BCUT2D eigenvalue weighted by atomic mass is 32.2. The molecule has 3 atom stereocenters. The number of aliphatic carboxylic acids is 1. The summed E-state index contributed by atoms with van der Waals surface area (Å²) in [6.45, 7) is 5.86. The van der Waals surface area contributed by atoms with E-state index in [1.165, 1.54) is 6.92 Å². The number of carbonyl (C=O) groups is 2. The first-order chi connectivity index (χ1) is 7.64. The minimum atomic E-state index is -4.00. The van der Waals surface area contributed by atoms with E-state index in [4.69, 9.17) is 5.11 Å². The molecule has 0 fully saturated rings. The van der Waals surface area contributed by atoms with Crippen molar-refractivity contribution >= 4 is 21.7 Å². The van der Waals surface area contributed by atoms with Crippen LogP contribution in [0.3, 0.4) is 0 Å². The maximum Gasteiger partial charge on any atom is 0.321 e. The number of hydrogen-bond acceptors (Lipinski definition) is 4. The summed E-state index contributed by atoms with van der Waals surface area (Å²) in [5, 5.41) is 8.24. The van der Waals surface area contributed by atoms with Crippen molar-refractivity contribution in [1.29, 1.82) is 0 Å². The summed E-state index contributed by atoms with van der Waals surface area (Å²) >= 11 is 0. The molecule has 1 amide bonds. The molecule has 7 heteroatoms. The van der Waals surface area contributed by atoms with Crippen molar-refractivity contribution in [3.8, 4) is 0 Å².